The summed E-state index contributed by atoms with van der Waals surface area (Å²) in [5.74, 6) is -1.12. The Kier molecular flexibility index (Phi) is 6.60. The molecule has 2 bridgehead atoms. The molecule has 0 aliphatic carbocycles. The number of aromatic amines is 1. The van der Waals surface area contributed by atoms with Gasteiger partial charge < -0.3 is 20.1 Å². The highest BCUT2D eigenvalue weighted by atomic mass is 19.1. The van der Waals surface area contributed by atoms with Crippen LogP contribution in [0.15, 0.2) is 72.9 Å². The lowest BCUT2D eigenvalue weighted by Crippen LogP contribution is -2.59. The molecule has 210 valence electrons. The second-order valence-electron chi connectivity index (χ2n) is 12.0. The van der Waals surface area contributed by atoms with E-state index < -0.39 is 17.4 Å². The smallest absolute Gasteiger partial charge is 0.272 e. The summed E-state index contributed by atoms with van der Waals surface area (Å²) < 4.78 is 13.6. The molecule has 2 saturated heterocycles. The summed E-state index contributed by atoms with van der Waals surface area (Å²) in [7, 11) is 0. The summed E-state index contributed by atoms with van der Waals surface area (Å²) in [4.78, 5) is 51.4. The first-order valence-corrected chi connectivity index (χ1v) is 13.8. The van der Waals surface area contributed by atoms with Gasteiger partial charge in [0.25, 0.3) is 11.8 Å². The van der Waals surface area contributed by atoms with Crippen LogP contribution in [0.2, 0.25) is 0 Å². The fourth-order valence-electron chi connectivity index (χ4n) is 5.90. The van der Waals surface area contributed by atoms with Crippen LogP contribution in [0.5, 0.6) is 0 Å². The molecular weight excluding hydrogens is 521 g/mol. The van der Waals surface area contributed by atoms with Gasteiger partial charge in [-0.15, -0.1) is 0 Å². The first-order valence-electron chi connectivity index (χ1n) is 13.8. The van der Waals surface area contributed by atoms with Crippen molar-refractivity contribution in [3.8, 4) is 11.1 Å². The first kappa shape index (κ1) is 26.7. The Hall–Kier alpha value is -4.53. The normalized spacial score (nSPS) is 19.0. The predicted octanol–water partition coefficient (Wildman–Crippen LogP) is 4.64. The Bertz CT molecular complexity index is 1630. The molecule has 4 heterocycles. The summed E-state index contributed by atoms with van der Waals surface area (Å²) in [5, 5.41) is 3.50. The lowest BCUT2D eigenvalue weighted by Gasteiger charge is -2.39. The van der Waals surface area contributed by atoms with Crippen LogP contribution < -0.4 is 5.32 Å². The number of H-pyrrole nitrogens is 1. The molecule has 9 heteroatoms. The number of likely N-dealkylation sites (tertiary alicyclic amines) is 2. The maximum Gasteiger partial charge on any atom is 0.272 e. The van der Waals surface area contributed by atoms with Crippen molar-refractivity contribution in [3.05, 3.63) is 90.1 Å². The highest BCUT2D eigenvalue weighted by Gasteiger charge is 2.50. The van der Waals surface area contributed by atoms with Gasteiger partial charge >= 0.3 is 0 Å². The van der Waals surface area contributed by atoms with Gasteiger partial charge in [-0.25, -0.2) is 4.39 Å². The number of rotatable bonds is 5. The van der Waals surface area contributed by atoms with Crippen molar-refractivity contribution in [3.63, 3.8) is 0 Å². The molecule has 8 nitrogen and oxygen atoms in total. The molecule has 4 aromatic rings. The second-order valence-corrected chi connectivity index (χ2v) is 12.0. The van der Waals surface area contributed by atoms with Crippen molar-refractivity contribution >= 4 is 28.6 Å². The lowest BCUT2D eigenvalue weighted by atomic mass is 9.85. The van der Waals surface area contributed by atoms with Crippen LogP contribution in [0.1, 0.15) is 48.2 Å². The lowest BCUT2D eigenvalue weighted by molar-refractivity contribution is -0.138. The van der Waals surface area contributed by atoms with Gasteiger partial charge in [-0.2, -0.15) is 0 Å². The van der Waals surface area contributed by atoms with Gasteiger partial charge in [0.15, 0.2) is 0 Å². The van der Waals surface area contributed by atoms with Crippen LogP contribution in [0.25, 0.3) is 22.0 Å². The van der Waals surface area contributed by atoms with Crippen LogP contribution in [0, 0.1) is 11.2 Å². The van der Waals surface area contributed by atoms with Crippen molar-refractivity contribution in [2.75, 3.05) is 13.1 Å². The first-order chi connectivity index (χ1) is 19.6. The largest absolute Gasteiger partial charge is 0.351 e. The highest BCUT2D eigenvalue weighted by Crippen LogP contribution is 2.34. The van der Waals surface area contributed by atoms with Gasteiger partial charge in [0, 0.05) is 35.8 Å². The molecule has 2 aromatic carbocycles. The van der Waals surface area contributed by atoms with Crippen molar-refractivity contribution in [2.45, 2.75) is 45.3 Å². The number of carbonyl (C=O) groups excluding carboxylic acids is 3. The number of aromatic nitrogens is 2. The van der Waals surface area contributed by atoms with E-state index in [2.05, 4.69) is 15.3 Å². The molecule has 2 N–H and O–H groups in total. The Labute approximate surface area is 237 Å². The molecule has 0 unspecified atom stereocenters. The Morgan fingerprint density at radius 2 is 1.68 bits per heavy atom. The molecule has 0 radical (unpaired) electrons. The Morgan fingerprint density at radius 1 is 0.951 bits per heavy atom. The number of nitrogens with one attached hydrogen (secondary N) is 2. The number of nitrogens with zero attached hydrogens (tertiary/aromatic N) is 3. The average Bonchev–Trinajstić information content (AvgIpc) is 3.69. The zero-order valence-corrected chi connectivity index (χ0v) is 23.2. The van der Waals surface area contributed by atoms with E-state index >= 15 is 0 Å². The van der Waals surface area contributed by atoms with E-state index in [-0.39, 0.29) is 35.4 Å². The monoisotopic (exact) mass is 553 g/mol. The summed E-state index contributed by atoms with van der Waals surface area (Å²) in [6.45, 7) is 6.56. The molecular formula is C32H32FN5O3. The van der Waals surface area contributed by atoms with Gasteiger partial charge in [-0.3, -0.25) is 19.4 Å². The van der Waals surface area contributed by atoms with Crippen LogP contribution in [0.4, 0.5) is 4.39 Å². The topological polar surface area (TPSA) is 98.4 Å². The number of hydrogen-bond acceptors (Lipinski definition) is 4. The third-order valence-electron chi connectivity index (χ3n) is 8.09. The van der Waals surface area contributed by atoms with Crippen molar-refractivity contribution in [2.24, 2.45) is 5.41 Å². The zero-order valence-electron chi connectivity index (χ0n) is 23.2. The summed E-state index contributed by atoms with van der Waals surface area (Å²) in [6, 6.07) is 18.4. The number of carbonyl (C=O) groups is 3. The van der Waals surface area contributed by atoms with Crippen LogP contribution >= 0.6 is 0 Å². The third-order valence-corrected chi connectivity index (χ3v) is 8.09. The van der Waals surface area contributed by atoms with E-state index in [1.807, 2.05) is 62.1 Å². The highest BCUT2D eigenvalue weighted by molar-refractivity contribution is 6.00. The number of amides is 3. The number of fused-ring (bicyclic) bond motifs is 3. The SMILES string of the molecule is CC(C)(C)[C@H](NC(=O)c1cc2cc(F)ccc2[nH]1)C(=O)N1C[C@@H]2C[C@H]1CN2C(=O)c1ccc(-c2ccccc2)cn1. The fraction of sp³-hybridized carbons (Fsp3) is 0.312. The standard InChI is InChI=1S/C32H32FN5O3/c1-32(2,3)28(36-29(39)27-14-21-13-22(33)10-12-25(21)35-27)31(41)38-18-23-15-24(38)17-37(23)30(40)26-11-9-20(16-34-26)19-7-5-4-6-8-19/h4-14,16,23-24,28,35H,15,17-18H2,1-3H3,(H,36,39)/t23-,24-,28+/m0/s1. The second kappa shape index (κ2) is 10.1. The molecule has 3 amide bonds. The molecule has 6 rings (SSSR count). The molecule has 41 heavy (non-hydrogen) atoms. The van der Waals surface area contributed by atoms with Gasteiger partial charge in [0.2, 0.25) is 5.91 Å². The molecule has 2 aliphatic heterocycles. The van der Waals surface area contributed by atoms with Crippen LogP contribution in [-0.2, 0) is 4.79 Å². The number of hydrogen-bond donors (Lipinski definition) is 2. The summed E-state index contributed by atoms with van der Waals surface area (Å²) in [6.07, 6.45) is 2.41. The van der Waals surface area contributed by atoms with Crippen molar-refractivity contribution in [1.82, 2.24) is 25.1 Å². The Morgan fingerprint density at radius 3 is 2.34 bits per heavy atom. The molecule has 3 atom stereocenters. The van der Waals surface area contributed by atoms with Crippen molar-refractivity contribution < 1.29 is 18.8 Å². The van der Waals surface area contributed by atoms with Crippen LogP contribution in [0.3, 0.4) is 0 Å². The maximum atomic E-state index is 13.8. The third kappa shape index (κ3) is 5.08. The van der Waals surface area contributed by atoms with Gasteiger partial charge in [0.1, 0.15) is 23.2 Å². The van der Waals surface area contributed by atoms with Crippen molar-refractivity contribution in [1.29, 1.82) is 0 Å². The minimum Gasteiger partial charge on any atom is -0.351 e. The van der Waals surface area contributed by atoms with Gasteiger partial charge in [0.05, 0.1) is 12.1 Å². The van der Waals surface area contributed by atoms with Gasteiger partial charge in [-0.05, 0) is 47.7 Å². The number of pyridine rings is 1. The van der Waals surface area contributed by atoms with Crippen LogP contribution in [-0.4, -0.2) is 68.7 Å². The van der Waals surface area contributed by atoms with E-state index in [1.165, 1.54) is 12.1 Å². The van der Waals surface area contributed by atoms with E-state index in [0.29, 0.717) is 36.1 Å². The quantitative estimate of drug-likeness (QED) is 0.376. The minimum atomic E-state index is -0.783. The number of piperazine rings is 1. The molecule has 2 aliphatic rings. The maximum absolute atomic E-state index is 13.8. The van der Waals surface area contributed by atoms with E-state index in [1.54, 1.807) is 29.3 Å². The zero-order chi connectivity index (χ0) is 28.9. The molecule has 2 fully saturated rings. The average molecular weight is 554 g/mol. The molecule has 0 saturated carbocycles. The van der Waals surface area contributed by atoms with Gasteiger partial charge in [-0.1, -0.05) is 57.2 Å². The molecule has 2 aromatic heterocycles. The molecule has 0 spiro atoms. The summed E-state index contributed by atoms with van der Waals surface area (Å²) in [5.41, 5.74) is 2.70. The fourth-order valence-corrected chi connectivity index (χ4v) is 5.90. The van der Waals surface area contributed by atoms with E-state index in [0.717, 1.165) is 11.1 Å². The number of benzene rings is 2. The van der Waals surface area contributed by atoms with E-state index in [9.17, 15) is 18.8 Å². The van der Waals surface area contributed by atoms with E-state index in [4.69, 9.17) is 0 Å². The number of halogens is 1. The minimum absolute atomic E-state index is 0.105. The predicted molar refractivity (Wildman–Crippen MR) is 154 cm³/mol. The summed E-state index contributed by atoms with van der Waals surface area (Å²) >= 11 is 0. The Balaban J connectivity index is 1.13.